The molecule has 1 atom stereocenters. The van der Waals surface area contributed by atoms with Crippen molar-refractivity contribution in [3.05, 3.63) is 0 Å². The van der Waals surface area contributed by atoms with Crippen LogP contribution in [-0.2, 0) is 9.47 Å². The van der Waals surface area contributed by atoms with Gasteiger partial charge in [-0.3, -0.25) is 0 Å². The number of rotatable bonds is 1. The van der Waals surface area contributed by atoms with Crippen molar-refractivity contribution in [1.29, 1.82) is 0 Å². The maximum absolute atomic E-state index is 5.30. The van der Waals surface area contributed by atoms with Gasteiger partial charge >= 0.3 is 79.9 Å². The van der Waals surface area contributed by atoms with Gasteiger partial charge in [0.25, 0.3) is 0 Å². The molecule has 0 amide bonds. The minimum absolute atomic E-state index is 0. The molecule has 0 spiro atoms. The second kappa shape index (κ2) is 8.18. The molecule has 1 unspecified atom stereocenters. The Hall–Kier alpha value is 0.566. The number of hydrogen-bond donors (Lipinski definition) is 0. The van der Waals surface area contributed by atoms with Crippen LogP contribution in [0, 0.1) is 12.0 Å². The molecule has 1 rings (SSSR count). The van der Waals surface area contributed by atoms with Crippen LogP contribution in [0.5, 0.6) is 0 Å². The van der Waals surface area contributed by atoms with Crippen LogP contribution in [0.3, 0.4) is 0 Å². The average molecular weight is 243 g/mol. The molecule has 1 aliphatic heterocycles. The Bertz CT molecular complexity index is 158. The standard InChI is InChI=1S/C8H11O2.BrH.Mg/c1-2-6-9-8-5-3-4-7-10-8;;/h8H,1,3-5,7H2;1H;/q;;+1/p-1. The van der Waals surface area contributed by atoms with E-state index >= 15 is 0 Å². The van der Waals surface area contributed by atoms with Crippen molar-refractivity contribution < 1.29 is 26.5 Å². The summed E-state index contributed by atoms with van der Waals surface area (Å²) in [7, 11) is 0. The fourth-order valence-electron chi connectivity index (χ4n) is 0.963. The van der Waals surface area contributed by atoms with Crippen LogP contribution in [0.2, 0.25) is 4.55 Å². The normalized spacial score (nSPS) is 21.7. The molecule has 1 saturated heterocycles. The zero-order chi connectivity index (χ0) is 7.94. The Morgan fingerprint density at radius 1 is 1.50 bits per heavy atom. The Labute approximate surface area is 96.6 Å². The van der Waals surface area contributed by atoms with Gasteiger partial charge in [0.1, 0.15) is 0 Å². The van der Waals surface area contributed by atoms with Gasteiger partial charge in [-0.25, -0.2) is 0 Å². The summed E-state index contributed by atoms with van der Waals surface area (Å²) in [5.74, 6) is 2.86. The van der Waals surface area contributed by atoms with Crippen LogP contribution in [0.25, 0.3) is 0 Å². The maximum atomic E-state index is 5.30. The van der Waals surface area contributed by atoms with E-state index in [1.54, 1.807) is 0 Å². The topological polar surface area (TPSA) is 18.5 Å². The van der Waals surface area contributed by atoms with Gasteiger partial charge in [0.2, 0.25) is 0 Å². The predicted octanol–water partition coefficient (Wildman–Crippen LogP) is -1.92. The van der Waals surface area contributed by atoms with Gasteiger partial charge in [-0.15, -0.1) is 0 Å². The summed E-state index contributed by atoms with van der Waals surface area (Å²) >= 11 is 1.82. The minimum atomic E-state index is -0.0638. The molecule has 0 aromatic heterocycles. The summed E-state index contributed by atoms with van der Waals surface area (Å²) in [5, 5.41) is 0. The first-order chi connectivity index (χ1) is 5.43. The third-order valence-corrected chi connectivity index (χ3v) is 1.78. The molecule has 0 N–H and O–H groups in total. The van der Waals surface area contributed by atoms with E-state index < -0.39 is 0 Å². The molecule has 12 heavy (non-hydrogen) atoms. The van der Waals surface area contributed by atoms with Crippen LogP contribution in [0.1, 0.15) is 19.3 Å². The van der Waals surface area contributed by atoms with Crippen LogP contribution in [0.4, 0.5) is 0 Å². The van der Waals surface area contributed by atoms with Gasteiger partial charge in [0.15, 0.2) is 0 Å². The number of halogens is 1. The summed E-state index contributed by atoms with van der Waals surface area (Å²) in [6.07, 6.45) is 5.91. The van der Waals surface area contributed by atoms with E-state index in [0.29, 0.717) is 0 Å². The molecule has 0 bridgehead atoms. The van der Waals surface area contributed by atoms with E-state index in [-0.39, 0.29) is 23.3 Å². The van der Waals surface area contributed by atoms with Crippen molar-refractivity contribution in [2.75, 3.05) is 6.61 Å². The van der Waals surface area contributed by atoms with Crippen LogP contribution in [0.15, 0.2) is 0 Å². The second-order valence-corrected chi connectivity index (χ2v) is 2.94. The molecule has 1 fully saturated rings. The Kier molecular flexibility index (Phi) is 8.56. The Morgan fingerprint density at radius 3 is 2.92 bits per heavy atom. The molecule has 0 aliphatic carbocycles. The fraction of sp³-hybridized carbons (Fsp3) is 0.750. The van der Waals surface area contributed by atoms with Crippen molar-refractivity contribution in [1.82, 2.24) is 0 Å². The summed E-state index contributed by atoms with van der Waals surface area (Å²) in [4.78, 5) is 0. The third-order valence-electron chi connectivity index (χ3n) is 1.53. The SMILES string of the molecule is [Br-].[Mg+][CH2]C#COC1CCCCO1. The molecule has 1 aliphatic rings. The molecule has 0 radical (unpaired) electrons. The zero-order valence-corrected chi connectivity index (χ0v) is 10.0. The van der Waals surface area contributed by atoms with E-state index in [2.05, 4.69) is 12.0 Å². The van der Waals surface area contributed by atoms with Gasteiger partial charge in [0, 0.05) is 0 Å². The molecule has 2 nitrogen and oxygen atoms in total. The first-order valence-electron chi connectivity index (χ1n) is 3.98. The summed E-state index contributed by atoms with van der Waals surface area (Å²) < 4.78 is 11.3. The summed E-state index contributed by atoms with van der Waals surface area (Å²) in [6.45, 7) is 0.820. The van der Waals surface area contributed by atoms with E-state index in [1.165, 1.54) is 6.42 Å². The van der Waals surface area contributed by atoms with E-state index in [1.807, 2.05) is 21.7 Å². The molecule has 0 aromatic rings. The van der Waals surface area contributed by atoms with Crippen LogP contribution >= 0.6 is 0 Å². The summed E-state index contributed by atoms with van der Waals surface area (Å²) in [5.41, 5.74) is 0. The van der Waals surface area contributed by atoms with Gasteiger partial charge < -0.3 is 17.0 Å². The van der Waals surface area contributed by atoms with Crippen molar-refractivity contribution in [2.45, 2.75) is 30.1 Å². The van der Waals surface area contributed by atoms with E-state index in [9.17, 15) is 0 Å². The molecular formula is C8H11BrMgO2. The Balaban J connectivity index is 0.00000121. The quantitative estimate of drug-likeness (QED) is 0.395. The van der Waals surface area contributed by atoms with Crippen molar-refractivity contribution in [3.8, 4) is 12.0 Å². The molecule has 64 valence electrons. The fourth-order valence-corrected chi connectivity index (χ4v) is 1.06. The van der Waals surface area contributed by atoms with Crippen LogP contribution < -0.4 is 17.0 Å². The zero-order valence-electron chi connectivity index (χ0n) is 7.01. The van der Waals surface area contributed by atoms with E-state index in [0.717, 1.165) is 24.0 Å². The molecule has 4 heteroatoms. The molecular weight excluding hydrogens is 232 g/mol. The van der Waals surface area contributed by atoms with Crippen molar-refractivity contribution in [3.63, 3.8) is 0 Å². The number of hydrogen-bond acceptors (Lipinski definition) is 2. The first-order valence-corrected chi connectivity index (χ1v) is 4.98. The van der Waals surface area contributed by atoms with Crippen molar-refractivity contribution in [2.24, 2.45) is 0 Å². The Morgan fingerprint density at radius 2 is 2.33 bits per heavy atom. The second-order valence-electron chi connectivity index (χ2n) is 2.44. The van der Waals surface area contributed by atoms with Gasteiger partial charge in [-0.05, 0) is 0 Å². The van der Waals surface area contributed by atoms with Gasteiger partial charge in [-0.1, -0.05) is 0 Å². The number of ether oxygens (including phenoxy) is 2. The monoisotopic (exact) mass is 242 g/mol. The van der Waals surface area contributed by atoms with Gasteiger partial charge in [0.05, 0.1) is 0 Å². The summed E-state index contributed by atoms with van der Waals surface area (Å²) in [6, 6.07) is 0. The van der Waals surface area contributed by atoms with Crippen molar-refractivity contribution >= 4 is 21.7 Å². The molecule has 0 saturated carbocycles. The third kappa shape index (κ3) is 5.25. The predicted molar refractivity (Wildman–Crippen MR) is 43.0 cm³/mol. The van der Waals surface area contributed by atoms with Crippen LogP contribution in [-0.4, -0.2) is 34.6 Å². The van der Waals surface area contributed by atoms with E-state index in [4.69, 9.17) is 9.47 Å². The molecule has 0 aromatic carbocycles. The molecule has 1 heterocycles. The average Bonchev–Trinajstić information content (AvgIpc) is 2.07. The first kappa shape index (κ1) is 12.6. The van der Waals surface area contributed by atoms with Gasteiger partial charge in [-0.2, -0.15) is 0 Å².